The van der Waals surface area contributed by atoms with E-state index in [1.807, 2.05) is 13.8 Å². The van der Waals surface area contributed by atoms with Gasteiger partial charge < -0.3 is 10.1 Å². The molecule has 0 radical (unpaired) electrons. The van der Waals surface area contributed by atoms with Crippen LogP contribution in [0.4, 0.5) is 0 Å². The van der Waals surface area contributed by atoms with Crippen molar-refractivity contribution in [3.8, 4) is 0 Å². The highest BCUT2D eigenvalue weighted by Crippen LogP contribution is 1.94. The Balaban J connectivity index is 0. The Morgan fingerprint density at radius 2 is 1.47 bits per heavy atom. The smallest absolute Gasteiger partial charge is 0.0478 e. The molecule has 1 N–H and O–H groups in total. The molecule has 94 valence electrons. The summed E-state index contributed by atoms with van der Waals surface area (Å²) in [6, 6.07) is 0. The molecular weight excluding hydrogens is 186 g/mol. The molecule has 2 nitrogen and oxygen atoms in total. The summed E-state index contributed by atoms with van der Waals surface area (Å²) in [5, 5.41) is 3.36. The molecule has 0 heterocycles. The van der Waals surface area contributed by atoms with Crippen molar-refractivity contribution in [3.05, 3.63) is 0 Å². The van der Waals surface area contributed by atoms with Gasteiger partial charge in [0, 0.05) is 13.2 Å². The molecule has 0 aliphatic rings. The van der Waals surface area contributed by atoms with Crippen LogP contribution in [0.3, 0.4) is 0 Å². The molecule has 0 aromatic rings. The zero-order chi connectivity index (χ0) is 11.8. The van der Waals surface area contributed by atoms with Crippen LogP contribution >= 0.6 is 0 Å². The van der Waals surface area contributed by atoms with E-state index in [-0.39, 0.29) is 0 Å². The van der Waals surface area contributed by atoms with E-state index in [1.165, 1.54) is 25.7 Å². The lowest BCUT2D eigenvalue weighted by Gasteiger charge is -2.04. The molecule has 0 atom stereocenters. The summed E-state index contributed by atoms with van der Waals surface area (Å²) in [7, 11) is 0. The molecule has 2 heteroatoms. The van der Waals surface area contributed by atoms with Crippen molar-refractivity contribution in [2.24, 2.45) is 0 Å². The van der Waals surface area contributed by atoms with Crippen LogP contribution < -0.4 is 5.32 Å². The molecular formula is C13H31NO. The van der Waals surface area contributed by atoms with E-state index in [2.05, 4.69) is 19.2 Å². The first-order valence-electron chi connectivity index (χ1n) is 6.70. The first-order chi connectivity index (χ1) is 7.41. The summed E-state index contributed by atoms with van der Waals surface area (Å²) in [4.78, 5) is 0. The van der Waals surface area contributed by atoms with E-state index in [4.69, 9.17) is 4.74 Å². The Morgan fingerprint density at radius 3 is 2.07 bits per heavy atom. The fourth-order valence-corrected chi connectivity index (χ4v) is 1.16. The Labute approximate surface area is 96.8 Å². The van der Waals surface area contributed by atoms with Gasteiger partial charge in [-0.2, -0.15) is 0 Å². The zero-order valence-electron chi connectivity index (χ0n) is 11.3. The fraction of sp³-hybridized carbons (Fsp3) is 1.00. The molecule has 0 aliphatic carbocycles. The number of unbranched alkanes of at least 4 members (excludes halogenated alkanes) is 2. The lowest BCUT2D eigenvalue weighted by Crippen LogP contribution is -2.17. The summed E-state index contributed by atoms with van der Waals surface area (Å²) < 4.78 is 5.48. The molecule has 0 rings (SSSR count). The van der Waals surface area contributed by atoms with Gasteiger partial charge in [-0.05, 0) is 32.4 Å². The number of ether oxygens (including phenoxy) is 1. The number of nitrogens with one attached hydrogen (secondary N) is 1. The van der Waals surface area contributed by atoms with Crippen LogP contribution in [0.15, 0.2) is 0 Å². The van der Waals surface area contributed by atoms with Crippen molar-refractivity contribution in [1.29, 1.82) is 0 Å². The van der Waals surface area contributed by atoms with E-state index in [0.717, 1.165) is 32.7 Å². The third kappa shape index (κ3) is 20.1. The van der Waals surface area contributed by atoms with Crippen LogP contribution in [0.1, 0.15) is 59.8 Å². The van der Waals surface area contributed by atoms with Crippen LogP contribution in [0.25, 0.3) is 0 Å². The first-order valence-corrected chi connectivity index (χ1v) is 6.70. The molecule has 0 saturated carbocycles. The molecule has 0 unspecified atom stereocenters. The highest BCUT2D eigenvalue weighted by molar-refractivity contribution is 4.45. The second-order valence-corrected chi connectivity index (χ2v) is 3.42. The minimum atomic E-state index is 0.917. The van der Waals surface area contributed by atoms with Crippen molar-refractivity contribution in [2.45, 2.75) is 59.8 Å². The average molecular weight is 217 g/mol. The van der Waals surface area contributed by atoms with E-state index in [0.29, 0.717) is 0 Å². The predicted molar refractivity (Wildman–Crippen MR) is 69.5 cm³/mol. The maximum Gasteiger partial charge on any atom is 0.0478 e. The van der Waals surface area contributed by atoms with E-state index in [1.54, 1.807) is 0 Å². The summed E-state index contributed by atoms with van der Waals surface area (Å²) in [6.07, 6.45) is 6.16. The highest BCUT2D eigenvalue weighted by Gasteiger charge is 1.89. The Kier molecular flexibility index (Phi) is 22.5. The second-order valence-electron chi connectivity index (χ2n) is 3.42. The van der Waals surface area contributed by atoms with Crippen molar-refractivity contribution >= 4 is 0 Å². The summed E-state index contributed by atoms with van der Waals surface area (Å²) in [5.41, 5.74) is 0. The third-order valence-electron chi connectivity index (χ3n) is 1.96. The van der Waals surface area contributed by atoms with Crippen LogP contribution in [0.2, 0.25) is 0 Å². The van der Waals surface area contributed by atoms with Gasteiger partial charge in [-0.15, -0.1) is 0 Å². The molecule has 0 bridgehead atoms. The van der Waals surface area contributed by atoms with Crippen molar-refractivity contribution < 1.29 is 4.74 Å². The quantitative estimate of drug-likeness (QED) is 0.564. The van der Waals surface area contributed by atoms with Crippen LogP contribution in [0, 0.1) is 0 Å². The van der Waals surface area contributed by atoms with E-state index >= 15 is 0 Å². The Hall–Kier alpha value is -0.0800. The fourth-order valence-electron chi connectivity index (χ4n) is 1.16. The molecule has 0 aromatic heterocycles. The summed E-state index contributed by atoms with van der Waals surface area (Å²) in [6.45, 7) is 12.5. The maximum atomic E-state index is 5.48. The molecule has 15 heavy (non-hydrogen) atoms. The second kappa shape index (κ2) is 19.5. The first kappa shape index (κ1) is 17.3. The van der Waals surface area contributed by atoms with Gasteiger partial charge in [0.25, 0.3) is 0 Å². The van der Waals surface area contributed by atoms with Crippen LogP contribution in [0.5, 0.6) is 0 Å². The third-order valence-corrected chi connectivity index (χ3v) is 1.96. The largest absolute Gasteiger partial charge is 0.381 e. The molecule has 0 amide bonds. The topological polar surface area (TPSA) is 21.3 Å². The SMILES string of the molecule is CC.CCCCCOCCCNCCC. The van der Waals surface area contributed by atoms with Gasteiger partial charge >= 0.3 is 0 Å². The Morgan fingerprint density at radius 1 is 0.800 bits per heavy atom. The van der Waals surface area contributed by atoms with Crippen LogP contribution in [-0.4, -0.2) is 26.3 Å². The van der Waals surface area contributed by atoms with Gasteiger partial charge in [-0.25, -0.2) is 0 Å². The molecule has 0 spiro atoms. The number of hydrogen-bond donors (Lipinski definition) is 1. The molecule has 0 saturated heterocycles. The monoisotopic (exact) mass is 217 g/mol. The van der Waals surface area contributed by atoms with Crippen molar-refractivity contribution in [1.82, 2.24) is 5.32 Å². The molecule has 0 aromatic carbocycles. The van der Waals surface area contributed by atoms with Gasteiger partial charge in [0.1, 0.15) is 0 Å². The average Bonchev–Trinajstić information content (AvgIpc) is 2.30. The standard InChI is InChI=1S/C11H25NO.C2H6/c1-3-5-6-10-13-11-7-9-12-8-4-2;1-2/h12H,3-11H2,1-2H3;1-2H3. The maximum absolute atomic E-state index is 5.48. The van der Waals surface area contributed by atoms with Crippen molar-refractivity contribution in [3.63, 3.8) is 0 Å². The lowest BCUT2D eigenvalue weighted by molar-refractivity contribution is 0.128. The molecule has 0 aliphatic heterocycles. The van der Waals surface area contributed by atoms with Gasteiger partial charge in [-0.1, -0.05) is 40.5 Å². The number of hydrogen-bond acceptors (Lipinski definition) is 2. The molecule has 0 fully saturated rings. The van der Waals surface area contributed by atoms with E-state index < -0.39 is 0 Å². The Bertz CT molecular complexity index is 76.6. The van der Waals surface area contributed by atoms with Gasteiger partial charge in [-0.3, -0.25) is 0 Å². The summed E-state index contributed by atoms with van der Waals surface area (Å²) >= 11 is 0. The lowest BCUT2D eigenvalue weighted by atomic mass is 10.3. The number of rotatable bonds is 10. The normalized spacial score (nSPS) is 9.60. The predicted octanol–water partition coefficient (Wildman–Crippen LogP) is 3.61. The van der Waals surface area contributed by atoms with Gasteiger partial charge in [0.15, 0.2) is 0 Å². The minimum absolute atomic E-state index is 0.917. The highest BCUT2D eigenvalue weighted by atomic mass is 16.5. The minimum Gasteiger partial charge on any atom is -0.381 e. The summed E-state index contributed by atoms with van der Waals surface area (Å²) in [5.74, 6) is 0. The van der Waals surface area contributed by atoms with Gasteiger partial charge in [0.05, 0.1) is 0 Å². The van der Waals surface area contributed by atoms with Gasteiger partial charge in [0.2, 0.25) is 0 Å². The van der Waals surface area contributed by atoms with Crippen LogP contribution in [-0.2, 0) is 4.74 Å². The zero-order valence-corrected chi connectivity index (χ0v) is 11.3. The van der Waals surface area contributed by atoms with Crippen molar-refractivity contribution in [2.75, 3.05) is 26.3 Å². The van der Waals surface area contributed by atoms with E-state index in [9.17, 15) is 0 Å².